The molecule has 1 aliphatic heterocycles. The number of rotatable bonds is 3. The molecule has 0 saturated carbocycles. The molecule has 1 aliphatic rings. The predicted molar refractivity (Wildman–Crippen MR) is 99.1 cm³/mol. The molecule has 3 heterocycles. The van der Waals surface area contributed by atoms with Crippen molar-refractivity contribution in [1.29, 1.82) is 0 Å². The third-order valence-electron chi connectivity index (χ3n) is 4.99. The third kappa shape index (κ3) is 3.53. The average Bonchev–Trinajstić information content (AvgIpc) is 3.18. The number of fused-ring (bicyclic) bond motifs is 1. The van der Waals surface area contributed by atoms with E-state index < -0.39 is 12.0 Å². The maximum absolute atomic E-state index is 13.1. The second kappa shape index (κ2) is 6.99. The molecule has 27 heavy (non-hydrogen) atoms. The van der Waals surface area contributed by atoms with E-state index in [4.69, 9.17) is 17.2 Å². The van der Waals surface area contributed by atoms with Crippen LogP contribution >= 0.6 is 23.6 Å². The highest BCUT2D eigenvalue weighted by Gasteiger charge is 2.38. The number of alkyl halides is 3. The van der Waals surface area contributed by atoms with Crippen LogP contribution in [0.1, 0.15) is 36.1 Å². The van der Waals surface area contributed by atoms with Gasteiger partial charge in [0.05, 0.1) is 16.8 Å². The van der Waals surface area contributed by atoms with Gasteiger partial charge in [-0.2, -0.15) is 17.9 Å². The van der Waals surface area contributed by atoms with E-state index in [1.807, 2.05) is 24.3 Å². The molecular formula is C17H19F3N5S2+. The first kappa shape index (κ1) is 18.6. The lowest BCUT2D eigenvalue weighted by Crippen LogP contribution is -3.12. The Kier molecular flexibility index (Phi) is 4.81. The quantitative estimate of drug-likeness (QED) is 0.669. The molecule has 1 N–H and O–H groups in total. The van der Waals surface area contributed by atoms with Gasteiger partial charge in [-0.25, -0.2) is 4.98 Å². The molecule has 1 fully saturated rings. The maximum Gasteiger partial charge on any atom is 0.451 e. The van der Waals surface area contributed by atoms with E-state index in [1.54, 1.807) is 11.3 Å². The summed E-state index contributed by atoms with van der Waals surface area (Å²) in [6.07, 6.45) is -1.44. The normalized spacial score (nSPS) is 21.0. The Hall–Kier alpha value is -1.78. The van der Waals surface area contributed by atoms with Crippen LogP contribution in [0.15, 0.2) is 24.3 Å². The SMILES string of the molecule is Cn1c(C(F)(F)F)nn(C[NH+]2CCCC[C@H]2c2nc3ccccc3s2)c1=S. The standard InChI is InChI=1S/C17H18F3N5S2/c1-23-15(17(18,19)20)22-25(16(23)26)10-24-9-5-4-7-12(24)14-21-11-6-2-3-8-13(11)27-14/h2-3,6,8,12H,4-5,7,9-10H2,1H3/p+1/t12-/m0/s1. The third-order valence-corrected chi connectivity index (χ3v) is 6.62. The van der Waals surface area contributed by atoms with E-state index in [9.17, 15) is 13.2 Å². The van der Waals surface area contributed by atoms with Crippen molar-refractivity contribution in [2.24, 2.45) is 7.05 Å². The Labute approximate surface area is 163 Å². The molecule has 0 spiro atoms. The lowest BCUT2D eigenvalue weighted by atomic mass is 10.0. The first-order chi connectivity index (χ1) is 12.8. The first-order valence-corrected chi connectivity index (χ1v) is 9.98. The molecule has 3 aromatic rings. The lowest BCUT2D eigenvalue weighted by Gasteiger charge is -2.30. The summed E-state index contributed by atoms with van der Waals surface area (Å²) in [4.78, 5) is 5.93. The Morgan fingerprint density at radius 3 is 2.78 bits per heavy atom. The van der Waals surface area contributed by atoms with Gasteiger partial charge in [0.25, 0.3) is 0 Å². The Morgan fingerprint density at radius 1 is 1.30 bits per heavy atom. The summed E-state index contributed by atoms with van der Waals surface area (Å²) in [7, 11) is 1.31. The van der Waals surface area contributed by atoms with Gasteiger partial charge in [0.1, 0.15) is 6.04 Å². The monoisotopic (exact) mass is 414 g/mol. The second-order valence-corrected chi connectivity index (χ2v) is 8.22. The summed E-state index contributed by atoms with van der Waals surface area (Å²) in [5.74, 6) is -0.958. The van der Waals surface area contributed by atoms with Gasteiger partial charge in [-0.3, -0.25) is 4.57 Å². The van der Waals surface area contributed by atoms with Crippen LogP contribution in [-0.2, 0) is 19.9 Å². The molecule has 0 bridgehead atoms. The van der Waals surface area contributed by atoms with Gasteiger partial charge in [0, 0.05) is 13.5 Å². The summed E-state index contributed by atoms with van der Waals surface area (Å²) in [5, 5.41) is 4.79. The molecule has 1 unspecified atom stereocenters. The predicted octanol–water partition coefficient (Wildman–Crippen LogP) is 3.35. The van der Waals surface area contributed by atoms with Crippen molar-refractivity contribution < 1.29 is 18.1 Å². The number of hydrogen-bond donors (Lipinski definition) is 1. The fourth-order valence-electron chi connectivity index (χ4n) is 3.64. The molecule has 0 aliphatic carbocycles. The van der Waals surface area contributed by atoms with E-state index in [2.05, 4.69) is 5.10 Å². The number of piperidine rings is 1. The molecule has 0 amide bonds. The topological polar surface area (TPSA) is 40.1 Å². The summed E-state index contributed by atoms with van der Waals surface area (Å²) in [6.45, 7) is 1.17. The minimum atomic E-state index is -4.52. The first-order valence-electron chi connectivity index (χ1n) is 8.75. The number of aromatic nitrogens is 4. The van der Waals surface area contributed by atoms with Gasteiger partial charge in [-0.05, 0) is 37.2 Å². The lowest BCUT2D eigenvalue weighted by molar-refractivity contribution is -0.959. The minimum Gasteiger partial charge on any atom is -0.308 e. The number of nitrogens with one attached hydrogen (secondary N) is 1. The fourth-order valence-corrected chi connectivity index (χ4v) is 4.99. The minimum absolute atomic E-state index is 0.0865. The summed E-state index contributed by atoms with van der Waals surface area (Å²) >= 11 is 6.86. The number of halogens is 3. The van der Waals surface area contributed by atoms with Crippen LogP contribution in [0.25, 0.3) is 10.2 Å². The molecule has 0 radical (unpaired) electrons. The van der Waals surface area contributed by atoms with Crippen molar-refractivity contribution in [3.63, 3.8) is 0 Å². The fraction of sp³-hybridized carbons (Fsp3) is 0.471. The van der Waals surface area contributed by atoms with Gasteiger partial charge in [-0.15, -0.1) is 16.4 Å². The molecule has 4 rings (SSSR count). The highest BCUT2D eigenvalue weighted by molar-refractivity contribution is 7.71. The number of benzene rings is 1. The van der Waals surface area contributed by atoms with Crippen LogP contribution in [0.5, 0.6) is 0 Å². The van der Waals surface area contributed by atoms with E-state index in [0.717, 1.165) is 50.5 Å². The van der Waals surface area contributed by atoms with E-state index in [-0.39, 0.29) is 10.8 Å². The molecule has 10 heteroatoms. The zero-order valence-corrected chi connectivity index (χ0v) is 16.3. The van der Waals surface area contributed by atoms with Crippen molar-refractivity contribution in [2.75, 3.05) is 6.54 Å². The van der Waals surface area contributed by atoms with Crippen LogP contribution in [0, 0.1) is 4.77 Å². The van der Waals surface area contributed by atoms with E-state index in [0.29, 0.717) is 6.67 Å². The number of nitrogens with zero attached hydrogens (tertiary/aromatic N) is 4. The number of thiazole rings is 1. The Balaban J connectivity index is 1.65. The zero-order valence-electron chi connectivity index (χ0n) is 14.7. The summed E-state index contributed by atoms with van der Waals surface area (Å²) < 4.78 is 42.8. The van der Waals surface area contributed by atoms with Crippen molar-refractivity contribution >= 4 is 33.8 Å². The van der Waals surface area contributed by atoms with Crippen molar-refractivity contribution in [1.82, 2.24) is 19.3 Å². The zero-order chi connectivity index (χ0) is 19.2. The maximum atomic E-state index is 13.1. The number of quaternary nitrogens is 1. The highest BCUT2D eigenvalue weighted by Crippen LogP contribution is 2.29. The molecule has 144 valence electrons. The summed E-state index contributed by atoms with van der Waals surface area (Å²) in [5.41, 5.74) is 0.969. The molecule has 1 aromatic carbocycles. The van der Waals surface area contributed by atoms with Crippen LogP contribution in [0.3, 0.4) is 0 Å². The second-order valence-electron chi connectivity index (χ2n) is 6.80. The number of para-hydroxylation sites is 1. The van der Waals surface area contributed by atoms with Gasteiger partial charge in [-0.1, -0.05) is 12.1 Å². The van der Waals surface area contributed by atoms with Crippen LogP contribution in [0.4, 0.5) is 13.2 Å². The largest absolute Gasteiger partial charge is 0.451 e. The number of hydrogen-bond acceptors (Lipinski definition) is 4. The summed E-state index contributed by atoms with van der Waals surface area (Å²) in [6, 6.07) is 8.13. The number of likely N-dealkylation sites (tertiary alicyclic amines) is 1. The Morgan fingerprint density at radius 2 is 2.07 bits per heavy atom. The molecule has 2 aromatic heterocycles. The van der Waals surface area contributed by atoms with Crippen LogP contribution < -0.4 is 4.90 Å². The van der Waals surface area contributed by atoms with Gasteiger partial charge >= 0.3 is 6.18 Å². The van der Waals surface area contributed by atoms with Crippen molar-refractivity contribution in [2.45, 2.75) is 38.1 Å². The average molecular weight is 415 g/mol. The van der Waals surface area contributed by atoms with E-state index in [1.165, 1.54) is 11.7 Å². The molecular weight excluding hydrogens is 395 g/mol. The molecule has 1 saturated heterocycles. The van der Waals surface area contributed by atoms with Gasteiger partial charge in [0.2, 0.25) is 10.6 Å². The van der Waals surface area contributed by atoms with Crippen molar-refractivity contribution in [3.05, 3.63) is 39.9 Å². The smallest absolute Gasteiger partial charge is 0.308 e. The molecule has 2 atom stereocenters. The van der Waals surface area contributed by atoms with E-state index >= 15 is 0 Å². The van der Waals surface area contributed by atoms with Crippen LogP contribution in [0.2, 0.25) is 0 Å². The van der Waals surface area contributed by atoms with Gasteiger partial charge in [0.15, 0.2) is 11.7 Å². The highest BCUT2D eigenvalue weighted by atomic mass is 32.1. The van der Waals surface area contributed by atoms with Crippen LogP contribution in [-0.4, -0.2) is 25.9 Å². The Bertz CT molecular complexity index is 987. The van der Waals surface area contributed by atoms with Crippen molar-refractivity contribution in [3.8, 4) is 0 Å². The van der Waals surface area contributed by atoms with Gasteiger partial charge < -0.3 is 4.90 Å². The molecule has 5 nitrogen and oxygen atoms in total.